The average Bonchev–Trinajstić information content (AvgIpc) is 3.21. The Kier molecular flexibility index (Phi) is 5.26. The summed E-state index contributed by atoms with van der Waals surface area (Å²) in [6.07, 6.45) is 1.75. The van der Waals surface area contributed by atoms with Crippen LogP contribution in [-0.4, -0.2) is 30.3 Å². The molecule has 2 aromatic carbocycles. The van der Waals surface area contributed by atoms with Gasteiger partial charge in [-0.25, -0.2) is 13.8 Å². The van der Waals surface area contributed by atoms with Gasteiger partial charge in [-0.2, -0.15) is 0 Å². The number of benzene rings is 2. The molecule has 0 aliphatic carbocycles. The number of nitrogens with one attached hydrogen (secondary N) is 1. The van der Waals surface area contributed by atoms with E-state index < -0.39 is 17.5 Å². The summed E-state index contributed by atoms with van der Waals surface area (Å²) in [7, 11) is 0. The second-order valence-electron chi connectivity index (χ2n) is 6.74. The largest absolute Gasteiger partial charge is 0.508 e. The molecule has 1 aromatic heterocycles. The van der Waals surface area contributed by atoms with Crippen LogP contribution in [0.1, 0.15) is 23.2 Å². The number of carbonyl (C=O) groups is 1. The predicted molar refractivity (Wildman–Crippen MR) is 101 cm³/mol. The van der Waals surface area contributed by atoms with Crippen molar-refractivity contribution in [3.05, 3.63) is 65.2 Å². The number of hydrogen-bond acceptors (Lipinski definition) is 5. The minimum atomic E-state index is -0.887. The van der Waals surface area contributed by atoms with Crippen molar-refractivity contribution in [3.8, 4) is 5.75 Å². The summed E-state index contributed by atoms with van der Waals surface area (Å²) in [5.74, 6) is -2.12. The number of fused-ring (bicyclic) bond motifs is 1. The van der Waals surface area contributed by atoms with Gasteiger partial charge in [-0.3, -0.25) is 4.79 Å². The molecule has 1 atom stereocenters. The number of ether oxygens (including phenoxy) is 1. The van der Waals surface area contributed by atoms with Crippen LogP contribution < -0.4 is 10.9 Å². The fourth-order valence-corrected chi connectivity index (χ4v) is 3.14. The van der Waals surface area contributed by atoms with E-state index in [4.69, 9.17) is 9.15 Å². The zero-order chi connectivity index (χ0) is 20.4. The number of nitrogens with zero attached hydrogens (tertiary/aromatic N) is 1. The maximum Gasteiger partial charge on any atom is 0.256 e. The molecule has 0 bridgehead atoms. The Balaban J connectivity index is 1.78. The lowest BCUT2D eigenvalue weighted by atomic mass is 10.1. The molecule has 3 aromatic rings. The number of halogens is 2. The fraction of sp³-hybridized carbons (Fsp3) is 0.238. The highest BCUT2D eigenvalue weighted by molar-refractivity contribution is 5.96. The number of phenols is 1. The number of carbonyl (C=O) groups excluding carboxylic acids is 1. The summed E-state index contributed by atoms with van der Waals surface area (Å²) >= 11 is 0. The lowest BCUT2D eigenvalue weighted by molar-refractivity contribution is 0.0854. The molecule has 0 radical (unpaired) electrons. The Morgan fingerprint density at radius 1 is 1.21 bits per heavy atom. The summed E-state index contributed by atoms with van der Waals surface area (Å²) in [5, 5.41) is 13.0. The Morgan fingerprint density at radius 3 is 2.83 bits per heavy atom. The molecule has 1 aliphatic rings. The van der Waals surface area contributed by atoms with Crippen LogP contribution in [0.3, 0.4) is 0 Å². The first-order chi connectivity index (χ1) is 14.0. The molecule has 1 amide bonds. The van der Waals surface area contributed by atoms with Gasteiger partial charge >= 0.3 is 0 Å². The molecule has 8 heteroatoms. The summed E-state index contributed by atoms with van der Waals surface area (Å²) in [6.45, 7) is 0.997. The van der Waals surface area contributed by atoms with E-state index in [0.29, 0.717) is 24.6 Å². The molecule has 4 rings (SSSR count). The normalized spacial score (nSPS) is 17.0. The molecular formula is C21H18F2N2O4. The van der Waals surface area contributed by atoms with Crippen molar-refractivity contribution in [3.63, 3.8) is 0 Å². The highest BCUT2D eigenvalue weighted by atomic mass is 19.1. The first-order valence-corrected chi connectivity index (χ1v) is 9.16. The van der Waals surface area contributed by atoms with E-state index in [1.165, 1.54) is 12.1 Å². The predicted octanol–water partition coefficient (Wildman–Crippen LogP) is 3.56. The Hall–Kier alpha value is -3.26. The first-order valence-electron chi connectivity index (χ1n) is 9.16. The van der Waals surface area contributed by atoms with Crippen LogP contribution in [-0.2, 0) is 4.74 Å². The number of hydrogen-bond donors (Lipinski definition) is 2. The van der Waals surface area contributed by atoms with Crippen LogP contribution in [0.4, 0.5) is 14.5 Å². The molecule has 2 heterocycles. The highest BCUT2D eigenvalue weighted by Crippen LogP contribution is 2.21. The summed E-state index contributed by atoms with van der Waals surface area (Å²) in [4.78, 5) is 16.9. The monoisotopic (exact) mass is 400 g/mol. The van der Waals surface area contributed by atoms with Crippen molar-refractivity contribution in [1.29, 1.82) is 0 Å². The van der Waals surface area contributed by atoms with Crippen LogP contribution in [0.15, 0.2) is 51.9 Å². The minimum Gasteiger partial charge on any atom is -0.508 e. The van der Waals surface area contributed by atoms with E-state index in [9.17, 15) is 18.7 Å². The second kappa shape index (κ2) is 8.00. The number of phenolic OH excluding ortho intramolecular Hbond substituents is 1. The molecule has 0 spiro atoms. The number of rotatable bonds is 4. The molecule has 29 heavy (non-hydrogen) atoms. The Morgan fingerprint density at radius 2 is 2.07 bits per heavy atom. The van der Waals surface area contributed by atoms with E-state index in [-0.39, 0.29) is 34.2 Å². The lowest BCUT2D eigenvalue weighted by Crippen LogP contribution is -2.34. The third-order valence-electron chi connectivity index (χ3n) is 4.62. The number of amides is 1. The van der Waals surface area contributed by atoms with E-state index in [0.717, 1.165) is 25.0 Å². The van der Waals surface area contributed by atoms with Crippen LogP contribution in [0.25, 0.3) is 11.0 Å². The van der Waals surface area contributed by atoms with Crippen LogP contribution >= 0.6 is 0 Å². The zero-order valence-electron chi connectivity index (χ0n) is 15.3. The van der Waals surface area contributed by atoms with Crippen LogP contribution in [0, 0.1) is 11.6 Å². The average molecular weight is 400 g/mol. The van der Waals surface area contributed by atoms with E-state index in [1.807, 2.05) is 0 Å². The molecule has 150 valence electrons. The van der Waals surface area contributed by atoms with Crippen molar-refractivity contribution in [2.24, 2.45) is 4.99 Å². The van der Waals surface area contributed by atoms with Crippen molar-refractivity contribution < 1.29 is 27.8 Å². The molecule has 6 nitrogen and oxygen atoms in total. The van der Waals surface area contributed by atoms with Crippen molar-refractivity contribution >= 4 is 22.6 Å². The van der Waals surface area contributed by atoms with Gasteiger partial charge in [0.2, 0.25) is 5.55 Å². The third-order valence-corrected chi connectivity index (χ3v) is 4.62. The SMILES string of the molecule is O=C(NC[C@@H]1CCCO1)c1cc2ccc(O)cc2oc1=Nc1ccc(F)cc1F. The Bertz CT molecular complexity index is 1140. The van der Waals surface area contributed by atoms with Gasteiger partial charge in [-0.1, -0.05) is 0 Å². The van der Waals surface area contributed by atoms with Gasteiger partial charge in [-0.15, -0.1) is 0 Å². The molecule has 0 unspecified atom stereocenters. The van der Waals surface area contributed by atoms with E-state index >= 15 is 0 Å². The second-order valence-corrected chi connectivity index (χ2v) is 6.74. The van der Waals surface area contributed by atoms with Gasteiger partial charge < -0.3 is 19.6 Å². The fourth-order valence-electron chi connectivity index (χ4n) is 3.14. The molecular weight excluding hydrogens is 382 g/mol. The molecule has 0 saturated carbocycles. The lowest BCUT2D eigenvalue weighted by Gasteiger charge is -2.11. The third kappa shape index (κ3) is 4.27. The van der Waals surface area contributed by atoms with Gasteiger partial charge in [0.1, 0.15) is 28.4 Å². The van der Waals surface area contributed by atoms with E-state index in [2.05, 4.69) is 10.3 Å². The van der Waals surface area contributed by atoms with Gasteiger partial charge in [0, 0.05) is 30.7 Å². The van der Waals surface area contributed by atoms with Crippen molar-refractivity contribution in [1.82, 2.24) is 5.32 Å². The quantitative estimate of drug-likeness (QED) is 0.702. The van der Waals surface area contributed by atoms with Crippen LogP contribution in [0.2, 0.25) is 0 Å². The summed E-state index contributed by atoms with van der Waals surface area (Å²) < 4.78 is 38.4. The summed E-state index contributed by atoms with van der Waals surface area (Å²) in [5.41, 5.74) is 0.0214. The van der Waals surface area contributed by atoms with Gasteiger partial charge in [0.05, 0.1) is 6.10 Å². The maximum absolute atomic E-state index is 14.1. The molecule has 1 fully saturated rings. The van der Waals surface area contributed by atoms with Gasteiger partial charge in [0.15, 0.2) is 5.82 Å². The van der Waals surface area contributed by atoms with Crippen molar-refractivity contribution in [2.75, 3.05) is 13.2 Å². The van der Waals surface area contributed by atoms with Gasteiger partial charge in [0.25, 0.3) is 5.91 Å². The van der Waals surface area contributed by atoms with E-state index in [1.54, 1.807) is 12.1 Å². The smallest absolute Gasteiger partial charge is 0.256 e. The summed E-state index contributed by atoms with van der Waals surface area (Å²) in [6, 6.07) is 8.87. The molecule has 2 N–H and O–H groups in total. The minimum absolute atomic E-state index is 0.0317. The first kappa shape index (κ1) is 19.1. The maximum atomic E-state index is 14.1. The highest BCUT2D eigenvalue weighted by Gasteiger charge is 2.19. The van der Waals surface area contributed by atoms with Crippen LogP contribution in [0.5, 0.6) is 5.75 Å². The standard InChI is InChI=1S/C21H18F2N2O4/c22-13-4-6-18(17(23)9-13)25-21-16(20(27)24-11-15-2-1-7-28-15)8-12-3-5-14(26)10-19(12)29-21/h3-6,8-10,15,26H,1-2,7,11H2,(H,24,27)/t15-/m0/s1. The molecule has 1 saturated heterocycles. The zero-order valence-corrected chi connectivity index (χ0v) is 15.3. The Labute approximate surface area is 164 Å². The van der Waals surface area contributed by atoms with Crippen molar-refractivity contribution in [2.45, 2.75) is 18.9 Å². The molecule has 1 aliphatic heterocycles. The number of aromatic hydroxyl groups is 1. The van der Waals surface area contributed by atoms with Gasteiger partial charge in [-0.05, 0) is 43.2 Å². The topological polar surface area (TPSA) is 84.1 Å².